The molecule has 1 N–H and O–H groups in total. The number of ether oxygens (including phenoxy) is 1. The highest BCUT2D eigenvalue weighted by molar-refractivity contribution is 6.31. The van der Waals surface area contributed by atoms with Crippen LogP contribution in [0, 0.1) is 0 Å². The zero-order chi connectivity index (χ0) is 14.5. The zero-order valence-electron chi connectivity index (χ0n) is 10.8. The molecule has 0 fully saturated rings. The van der Waals surface area contributed by atoms with Gasteiger partial charge in [0.05, 0.1) is 12.7 Å². The van der Waals surface area contributed by atoms with Crippen molar-refractivity contribution in [2.45, 2.75) is 0 Å². The number of ketones is 1. The van der Waals surface area contributed by atoms with E-state index in [2.05, 4.69) is 0 Å². The van der Waals surface area contributed by atoms with Crippen molar-refractivity contribution in [3.05, 3.63) is 64.7 Å². The van der Waals surface area contributed by atoms with Gasteiger partial charge in [-0.1, -0.05) is 29.8 Å². The Labute approximate surface area is 122 Å². The van der Waals surface area contributed by atoms with Crippen LogP contribution in [0.5, 0.6) is 11.5 Å². The lowest BCUT2D eigenvalue weighted by Crippen LogP contribution is -1.95. The van der Waals surface area contributed by atoms with Crippen LogP contribution in [0.15, 0.2) is 48.5 Å². The van der Waals surface area contributed by atoms with E-state index in [0.717, 1.165) is 5.56 Å². The van der Waals surface area contributed by atoms with Gasteiger partial charge >= 0.3 is 0 Å². The maximum atomic E-state index is 12.0. The number of allylic oxidation sites excluding steroid dienone is 1. The average molecular weight is 289 g/mol. The normalized spacial score (nSPS) is 10.7. The summed E-state index contributed by atoms with van der Waals surface area (Å²) in [5.74, 6) is 0.256. The number of phenols is 1. The molecule has 0 aliphatic rings. The lowest BCUT2D eigenvalue weighted by Gasteiger charge is -2.04. The highest BCUT2D eigenvalue weighted by atomic mass is 35.5. The largest absolute Gasteiger partial charge is 0.507 e. The minimum atomic E-state index is -0.323. The molecular formula is C16H13ClO3. The number of carbonyl (C=O) groups excluding carboxylic acids is 1. The Morgan fingerprint density at radius 2 is 2.00 bits per heavy atom. The molecule has 2 aromatic rings. The number of hydrogen-bond donors (Lipinski definition) is 1. The Kier molecular flexibility index (Phi) is 4.43. The van der Waals surface area contributed by atoms with Crippen molar-refractivity contribution in [1.29, 1.82) is 0 Å². The molecule has 0 unspecified atom stereocenters. The molecule has 0 aromatic heterocycles. The zero-order valence-corrected chi connectivity index (χ0v) is 11.6. The maximum absolute atomic E-state index is 12.0. The fourth-order valence-electron chi connectivity index (χ4n) is 1.76. The van der Waals surface area contributed by atoms with Crippen LogP contribution in [-0.2, 0) is 0 Å². The van der Waals surface area contributed by atoms with Gasteiger partial charge in [0, 0.05) is 10.6 Å². The van der Waals surface area contributed by atoms with E-state index < -0.39 is 0 Å². The molecule has 0 atom stereocenters. The van der Waals surface area contributed by atoms with E-state index in [4.69, 9.17) is 16.3 Å². The smallest absolute Gasteiger partial charge is 0.189 e. The Morgan fingerprint density at radius 3 is 2.75 bits per heavy atom. The van der Waals surface area contributed by atoms with Gasteiger partial charge < -0.3 is 9.84 Å². The van der Waals surface area contributed by atoms with Gasteiger partial charge in [0.2, 0.25) is 0 Å². The molecule has 0 spiro atoms. The van der Waals surface area contributed by atoms with Crippen molar-refractivity contribution in [2.75, 3.05) is 7.11 Å². The van der Waals surface area contributed by atoms with Crippen molar-refractivity contribution in [3.8, 4) is 11.5 Å². The van der Waals surface area contributed by atoms with Crippen LogP contribution in [0.1, 0.15) is 15.9 Å². The van der Waals surface area contributed by atoms with Gasteiger partial charge in [-0.2, -0.15) is 0 Å². The molecule has 0 saturated heterocycles. The number of phenolic OH excluding ortho intramolecular Hbond substituents is 1. The van der Waals surface area contributed by atoms with Crippen molar-refractivity contribution >= 4 is 23.5 Å². The number of hydrogen-bond acceptors (Lipinski definition) is 3. The minimum Gasteiger partial charge on any atom is -0.507 e. The van der Waals surface area contributed by atoms with Gasteiger partial charge in [-0.05, 0) is 36.4 Å². The first-order valence-corrected chi connectivity index (χ1v) is 6.33. The van der Waals surface area contributed by atoms with Gasteiger partial charge in [0.25, 0.3) is 0 Å². The number of methoxy groups -OCH3 is 1. The average Bonchev–Trinajstić information content (AvgIpc) is 2.47. The van der Waals surface area contributed by atoms with Crippen LogP contribution in [0.2, 0.25) is 5.02 Å². The number of halogens is 1. The summed E-state index contributed by atoms with van der Waals surface area (Å²) in [6.45, 7) is 0. The minimum absolute atomic E-state index is 0.0934. The molecular weight excluding hydrogens is 276 g/mol. The fourth-order valence-corrected chi connectivity index (χ4v) is 1.94. The first kappa shape index (κ1) is 14.2. The summed E-state index contributed by atoms with van der Waals surface area (Å²) in [7, 11) is 1.57. The first-order chi connectivity index (χ1) is 9.61. The molecule has 2 aromatic carbocycles. The lowest BCUT2D eigenvalue weighted by atomic mass is 10.1. The second-order valence-electron chi connectivity index (χ2n) is 4.10. The molecule has 4 heteroatoms. The molecule has 0 aliphatic carbocycles. The molecule has 0 amide bonds. The van der Waals surface area contributed by atoms with Crippen LogP contribution in [0.25, 0.3) is 6.08 Å². The van der Waals surface area contributed by atoms with Crippen LogP contribution >= 0.6 is 11.6 Å². The topological polar surface area (TPSA) is 46.5 Å². The molecule has 102 valence electrons. The van der Waals surface area contributed by atoms with Gasteiger partial charge in [0.15, 0.2) is 5.78 Å². The standard InChI is InChI=1S/C16H13ClO3/c1-20-16-5-3-2-4-11(16)6-8-14(18)13-10-12(17)7-9-15(13)19/h2-10,19H,1H3. The van der Waals surface area contributed by atoms with E-state index in [1.807, 2.05) is 18.2 Å². The van der Waals surface area contributed by atoms with E-state index >= 15 is 0 Å². The van der Waals surface area contributed by atoms with Crippen LogP contribution in [0.4, 0.5) is 0 Å². The lowest BCUT2D eigenvalue weighted by molar-refractivity contribution is 0.104. The maximum Gasteiger partial charge on any atom is 0.189 e. The van der Waals surface area contributed by atoms with Gasteiger partial charge in [-0.15, -0.1) is 0 Å². The van der Waals surface area contributed by atoms with E-state index in [1.54, 1.807) is 19.3 Å². The highest BCUT2D eigenvalue weighted by Crippen LogP contribution is 2.23. The van der Waals surface area contributed by atoms with E-state index in [1.165, 1.54) is 24.3 Å². The summed E-state index contributed by atoms with van der Waals surface area (Å²) < 4.78 is 5.19. The van der Waals surface area contributed by atoms with Crippen molar-refractivity contribution < 1.29 is 14.6 Å². The van der Waals surface area contributed by atoms with E-state index in [9.17, 15) is 9.90 Å². The number of carbonyl (C=O) groups is 1. The Balaban J connectivity index is 2.27. The van der Waals surface area contributed by atoms with Crippen LogP contribution < -0.4 is 4.74 Å². The summed E-state index contributed by atoms with van der Waals surface area (Å²) in [6.07, 6.45) is 3.02. The number of aromatic hydroxyl groups is 1. The van der Waals surface area contributed by atoms with Crippen molar-refractivity contribution in [2.24, 2.45) is 0 Å². The number of rotatable bonds is 4. The van der Waals surface area contributed by atoms with Crippen molar-refractivity contribution in [1.82, 2.24) is 0 Å². The second kappa shape index (κ2) is 6.26. The Hall–Kier alpha value is -2.26. The van der Waals surface area contributed by atoms with Gasteiger partial charge in [-0.3, -0.25) is 4.79 Å². The molecule has 0 bridgehead atoms. The van der Waals surface area contributed by atoms with E-state index in [0.29, 0.717) is 10.8 Å². The third kappa shape index (κ3) is 3.19. The molecule has 0 aliphatic heterocycles. The summed E-state index contributed by atoms with van der Waals surface area (Å²) in [4.78, 5) is 12.0. The molecule has 0 saturated carbocycles. The van der Waals surface area contributed by atoms with E-state index in [-0.39, 0.29) is 17.1 Å². The first-order valence-electron chi connectivity index (χ1n) is 5.96. The quantitative estimate of drug-likeness (QED) is 0.684. The van der Waals surface area contributed by atoms with Gasteiger partial charge in [0.1, 0.15) is 11.5 Å². The SMILES string of the molecule is COc1ccccc1C=CC(=O)c1cc(Cl)ccc1O. The van der Waals surface area contributed by atoms with Crippen LogP contribution in [0.3, 0.4) is 0 Å². The number of benzene rings is 2. The highest BCUT2D eigenvalue weighted by Gasteiger charge is 2.09. The van der Waals surface area contributed by atoms with Crippen molar-refractivity contribution in [3.63, 3.8) is 0 Å². The Bertz CT molecular complexity index is 663. The molecule has 2 rings (SSSR count). The molecule has 0 radical (unpaired) electrons. The Morgan fingerprint density at radius 1 is 1.25 bits per heavy atom. The number of para-hydroxylation sites is 1. The molecule has 0 heterocycles. The second-order valence-corrected chi connectivity index (χ2v) is 4.54. The van der Waals surface area contributed by atoms with Gasteiger partial charge in [-0.25, -0.2) is 0 Å². The summed E-state index contributed by atoms with van der Waals surface area (Å²) in [5, 5.41) is 10.1. The fraction of sp³-hybridized carbons (Fsp3) is 0.0625. The summed E-state index contributed by atoms with van der Waals surface area (Å²) in [6, 6.07) is 11.7. The summed E-state index contributed by atoms with van der Waals surface area (Å²) >= 11 is 5.82. The third-order valence-electron chi connectivity index (χ3n) is 2.78. The predicted octanol–water partition coefficient (Wildman–Crippen LogP) is 3.95. The molecule has 20 heavy (non-hydrogen) atoms. The summed E-state index contributed by atoms with van der Waals surface area (Å²) in [5.41, 5.74) is 0.952. The van der Waals surface area contributed by atoms with Crippen LogP contribution in [-0.4, -0.2) is 18.0 Å². The monoisotopic (exact) mass is 288 g/mol. The third-order valence-corrected chi connectivity index (χ3v) is 3.01. The molecule has 3 nitrogen and oxygen atoms in total. The predicted molar refractivity (Wildman–Crippen MR) is 79.5 cm³/mol.